The van der Waals surface area contributed by atoms with Gasteiger partial charge in [0.2, 0.25) is 0 Å². The van der Waals surface area contributed by atoms with Crippen LogP contribution in [0.4, 0.5) is 32.6 Å². The number of urea groups is 2. The summed E-state index contributed by atoms with van der Waals surface area (Å²) in [5, 5.41) is 21.8. The molecule has 6 aromatic rings. The molecule has 5 N–H and O–H groups in total. The first-order chi connectivity index (χ1) is 32.1. The second-order valence-corrected chi connectivity index (χ2v) is 20.6. The molecular formula is C51H58N10O4S. The zero-order valence-electron chi connectivity index (χ0n) is 37.4. The van der Waals surface area contributed by atoms with Gasteiger partial charge in [0.1, 0.15) is 21.5 Å². The van der Waals surface area contributed by atoms with Gasteiger partial charge in [-0.2, -0.15) is 10.0 Å². The molecule has 2 aliphatic carbocycles. The number of pyridine rings is 2. The van der Waals surface area contributed by atoms with Crippen molar-refractivity contribution in [2.24, 2.45) is 0 Å². The third-order valence-corrected chi connectivity index (χ3v) is 14.6. The molecule has 2 saturated heterocycles. The number of sulfone groups is 1. The molecular weight excluding hydrogens is 849 g/mol. The predicted octanol–water partition coefficient (Wildman–Crippen LogP) is 7.89. The summed E-state index contributed by atoms with van der Waals surface area (Å²) in [5.74, 6) is 1.64. The van der Waals surface area contributed by atoms with Crippen LogP contribution >= 0.6 is 0 Å². The lowest BCUT2D eigenvalue weighted by molar-refractivity contribution is 0.200. The number of carbonyl (C=O) groups excluding carboxylic acids is 2. The number of benzene rings is 4. The number of carbonyl (C=O) groups is 2. The Morgan fingerprint density at radius 3 is 1.62 bits per heavy atom. The Labute approximate surface area is 386 Å². The summed E-state index contributed by atoms with van der Waals surface area (Å²) in [6, 6.07) is 35.6. The number of fused-ring (bicyclic) bond motifs is 4. The lowest BCUT2D eigenvalue weighted by atomic mass is 10.1. The summed E-state index contributed by atoms with van der Waals surface area (Å²) in [6.07, 6.45) is 8.09. The van der Waals surface area contributed by atoms with Crippen molar-refractivity contribution < 1.29 is 18.0 Å². The second kappa shape index (κ2) is 18.9. The fourth-order valence-electron chi connectivity index (χ4n) is 10.1. The first-order valence-corrected chi connectivity index (χ1v) is 25.5. The monoisotopic (exact) mass is 906 g/mol. The lowest BCUT2D eigenvalue weighted by Gasteiger charge is -2.38. The van der Waals surface area contributed by atoms with Crippen molar-refractivity contribution in [3.8, 4) is 0 Å². The minimum Gasteiger partial charge on any atom is -0.363 e. The van der Waals surface area contributed by atoms with Crippen molar-refractivity contribution in [3.63, 3.8) is 0 Å². The minimum absolute atomic E-state index is 0.0857. The van der Waals surface area contributed by atoms with Gasteiger partial charge >= 0.3 is 12.1 Å². The van der Waals surface area contributed by atoms with Gasteiger partial charge < -0.3 is 31.5 Å². The summed E-state index contributed by atoms with van der Waals surface area (Å²) >= 11 is 0. The van der Waals surface area contributed by atoms with Gasteiger partial charge in [0.05, 0.1) is 40.2 Å². The van der Waals surface area contributed by atoms with Crippen LogP contribution in [0, 0.1) is 0 Å². The molecule has 14 nitrogen and oxygen atoms in total. The molecule has 4 amide bonds. The molecule has 4 aliphatic rings. The fraction of sp³-hybridized carbons (Fsp3) is 0.373. The molecule has 2 aliphatic heterocycles. The van der Waals surface area contributed by atoms with Gasteiger partial charge in [-0.3, -0.25) is 0 Å². The summed E-state index contributed by atoms with van der Waals surface area (Å²) in [5.41, 5.74) is 7.84. The fourth-order valence-corrected chi connectivity index (χ4v) is 10.7. The summed E-state index contributed by atoms with van der Waals surface area (Å²) in [4.78, 5) is 42.1. The highest BCUT2D eigenvalue weighted by atomic mass is 32.2. The standard InChI is InChI=1S/C51H58N10O4S/c1-66(64,65)31-30-59-28-24-39(25-29-59)54-51(63)61(41-15-19-45-37(33-41)13-21-49(56-45)58-47-17-11-35-7-3-5-9-43(35)47)60(50(62)53-38-22-26-52-27-23-38)40-14-18-44-36(32-40)12-20-48(55-44)57-46-16-10-34-6-2-4-8-42(34)46/h2-9,12-15,18-21,32-33,38-39,46-47,52H,10-11,16-17,22-31H2,1H3,(H,53,62)(H,54,63)(H,55,57)(H,56,58)/t46-,47-/m1/s1. The molecule has 4 aromatic carbocycles. The van der Waals surface area contributed by atoms with Crippen LogP contribution < -0.4 is 36.6 Å². The van der Waals surface area contributed by atoms with Crippen molar-refractivity contribution in [2.75, 3.05) is 65.4 Å². The number of nitrogens with zero attached hydrogens (tertiary/aromatic N) is 5. The Morgan fingerprint density at radius 2 is 1.12 bits per heavy atom. The van der Waals surface area contributed by atoms with E-state index in [2.05, 4.69) is 80.0 Å². The minimum atomic E-state index is -3.10. The number of anilines is 4. The maximum Gasteiger partial charge on any atom is 0.341 e. The van der Waals surface area contributed by atoms with Crippen molar-refractivity contribution in [1.82, 2.24) is 30.8 Å². The normalized spacial score (nSPS) is 19.0. The first-order valence-electron chi connectivity index (χ1n) is 23.4. The van der Waals surface area contributed by atoms with Gasteiger partial charge in [0, 0.05) is 48.7 Å². The average molecular weight is 907 g/mol. The smallest absolute Gasteiger partial charge is 0.341 e. The van der Waals surface area contributed by atoms with Gasteiger partial charge in [0.25, 0.3) is 0 Å². The number of amides is 4. The maximum atomic E-state index is 15.1. The van der Waals surface area contributed by atoms with Gasteiger partial charge in [-0.05, 0) is 147 Å². The molecule has 15 heteroatoms. The van der Waals surface area contributed by atoms with Crippen LogP contribution in [0.25, 0.3) is 21.8 Å². The number of hydrazine groups is 1. The highest BCUT2D eigenvalue weighted by Gasteiger charge is 2.34. The molecule has 0 bridgehead atoms. The Kier molecular flexibility index (Phi) is 12.5. The van der Waals surface area contributed by atoms with Crippen LogP contribution in [0.2, 0.25) is 0 Å². The Bertz CT molecular complexity index is 2860. The molecule has 0 spiro atoms. The van der Waals surface area contributed by atoms with E-state index in [-0.39, 0.29) is 29.9 Å². The van der Waals surface area contributed by atoms with Crippen LogP contribution in [0.15, 0.2) is 109 Å². The summed E-state index contributed by atoms with van der Waals surface area (Å²) in [6.45, 7) is 3.31. The molecule has 2 fully saturated rings. The zero-order chi connectivity index (χ0) is 45.2. The topological polar surface area (TPSA) is 164 Å². The third kappa shape index (κ3) is 9.79. The van der Waals surface area contributed by atoms with E-state index in [1.807, 2.05) is 60.7 Å². The first kappa shape index (κ1) is 43.6. The SMILES string of the molecule is CS(=O)(=O)CCN1CCC(NC(=O)N(c2ccc3nc(N[C@@H]4CCc5ccccc54)ccc3c2)N(C(=O)NC2CCNCC2)c2ccc3nc(N[C@@H]4CCc5ccccc54)ccc3c2)CC1. The molecule has 4 heterocycles. The molecule has 2 atom stereocenters. The van der Waals surface area contributed by atoms with E-state index in [1.54, 1.807) is 0 Å². The Morgan fingerprint density at radius 1 is 0.636 bits per heavy atom. The van der Waals surface area contributed by atoms with Crippen molar-refractivity contribution in [2.45, 2.75) is 75.5 Å². The maximum absolute atomic E-state index is 15.1. The number of aryl methyl sites for hydroxylation is 2. The quantitative estimate of drug-likeness (QED) is 0.0809. The van der Waals surface area contributed by atoms with Crippen LogP contribution in [-0.4, -0.2) is 92.2 Å². The molecule has 66 heavy (non-hydrogen) atoms. The number of piperidine rings is 2. The summed E-state index contributed by atoms with van der Waals surface area (Å²) < 4.78 is 23.8. The number of nitrogens with one attached hydrogen (secondary N) is 5. The average Bonchev–Trinajstić information content (AvgIpc) is 3.93. The number of hydrogen-bond donors (Lipinski definition) is 5. The molecule has 2 aromatic heterocycles. The second-order valence-electron chi connectivity index (χ2n) is 18.3. The third-order valence-electron chi connectivity index (χ3n) is 13.7. The van der Waals surface area contributed by atoms with Gasteiger partial charge in [-0.1, -0.05) is 48.5 Å². The highest BCUT2D eigenvalue weighted by molar-refractivity contribution is 7.90. The lowest BCUT2D eigenvalue weighted by Crippen LogP contribution is -2.60. The number of aromatic nitrogens is 2. The van der Waals surface area contributed by atoms with E-state index in [1.165, 1.54) is 38.5 Å². The van der Waals surface area contributed by atoms with E-state index < -0.39 is 21.9 Å². The van der Waals surface area contributed by atoms with Gasteiger partial charge in [0.15, 0.2) is 0 Å². The Hall–Kier alpha value is -6.29. The largest absolute Gasteiger partial charge is 0.363 e. The Balaban J connectivity index is 0.976. The van der Waals surface area contributed by atoms with Crippen LogP contribution in [0.1, 0.15) is 72.9 Å². The van der Waals surface area contributed by atoms with Crippen molar-refractivity contribution in [1.29, 1.82) is 0 Å². The zero-order valence-corrected chi connectivity index (χ0v) is 38.2. The van der Waals surface area contributed by atoms with E-state index in [9.17, 15) is 13.2 Å². The molecule has 342 valence electrons. The predicted molar refractivity (Wildman–Crippen MR) is 263 cm³/mol. The molecule has 0 saturated carbocycles. The van der Waals surface area contributed by atoms with E-state index in [0.29, 0.717) is 43.9 Å². The molecule has 0 unspecified atom stereocenters. The van der Waals surface area contributed by atoms with Gasteiger partial charge in [-0.25, -0.2) is 28.0 Å². The number of rotatable bonds is 11. The van der Waals surface area contributed by atoms with E-state index in [4.69, 9.17) is 9.97 Å². The molecule has 0 radical (unpaired) electrons. The van der Waals surface area contributed by atoms with E-state index in [0.717, 1.165) is 85.1 Å². The van der Waals surface area contributed by atoms with Crippen LogP contribution in [0.5, 0.6) is 0 Å². The highest BCUT2D eigenvalue weighted by Crippen LogP contribution is 2.36. The molecule has 10 rings (SSSR count). The van der Waals surface area contributed by atoms with Crippen LogP contribution in [0.3, 0.4) is 0 Å². The summed E-state index contributed by atoms with van der Waals surface area (Å²) in [7, 11) is -3.10. The van der Waals surface area contributed by atoms with Crippen molar-refractivity contribution in [3.05, 3.63) is 131 Å². The van der Waals surface area contributed by atoms with Crippen molar-refractivity contribution >= 4 is 66.7 Å². The number of hydrogen-bond acceptors (Lipinski definition) is 10. The number of likely N-dealkylation sites (tertiary alicyclic amines) is 1. The van der Waals surface area contributed by atoms with Crippen LogP contribution in [-0.2, 0) is 22.7 Å². The van der Waals surface area contributed by atoms with Gasteiger partial charge in [-0.15, -0.1) is 0 Å². The van der Waals surface area contributed by atoms with E-state index >= 15 is 4.79 Å².